The Balaban J connectivity index is 2.33. The van der Waals surface area contributed by atoms with Crippen molar-refractivity contribution in [1.29, 1.82) is 0 Å². The van der Waals surface area contributed by atoms with Crippen LogP contribution in [-0.2, 0) is 10.0 Å². The molecule has 0 heterocycles. The van der Waals surface area contributed by atoms with Crippen molar-refractivity contribution in [3.05, 3.63) is 58.6 Å². The molecule has 0 aromatic heterocycles. The predicted molar refractivity (Wildman–Crippen MR) is 96.0 cm³/mol. The molecule has 2 aromatic rings. The second-order valence-electron chi connectivity index (χ2n) is 5.74. The summed E-state index contributed by atoms with van der Waals surface area (Å²) in [5.74, 6) is -0.294. The molecule has 2 N–H and O–H groups in total. The van der Waals surface area contributed by atoms with Gasteiger partial charge in [0.25, 0.3) is 15.9 Å². The van der Waals surface area contributed by atoms with Crippen molar-refractivity contribution in [2.75, 3.05) is 4.72 Å². The predicted octanol–water partition coefficient (Wildman–Crippen LogP) is 3.59. The van der Waals surface area contributed by atoms with Crippen molar-refractivity contribution in [2.45, 2.75) is 31.7 Å². The van der Waals surface area contributed by atoms with E-state index in [9.17, 15) is 13.2 Å². The Bertz CT molecular complexity index is 864. The molecule has 0 aliphatic carbocycles. The largest absolute Gasteiger partial charge is 0.350 e. The van der Waals surface area contributed by atoms with Gasteiger partial charge in [-0.3, -0.25) is 9.52 Å². The van der Waals surface area contributed by atoms with Gasteiger partial charge in [-0.2, -0.15) is 0 Å². The average Bonchev–Trinajstić information content (AvgIpc) is 2.48. The molecule has 0 radical (unpaired) electrons. The van der Waals surface area contributed by atoms with Gasteiger partial charge in [-0.05, 0) is 56.7 Å². The third kappa shape index (κ3) is 4.49. The van der Waals surface area contributed by atoms with E-state index in [2.05, 4.69) is 10.0 Å². The number of nitrogens with one attached hydrogen (secondary N) is 2. The standard InChI is InChI=1S/C17H19ClN2O3S/c1-11(2)19-17(21)13-7-8-15(18)16(10-13)20-24(22,23)14-6-4-5-12(3)9-14/h4-11,20H,1-3H3,(H,19,21). The van der Waals surface area contributed by atoms with Gasteiger partial charge in [0.2, 0.25) is 0 Å². The van der Waals surface area contributed by atoms with Crippen LogP contribution >= 0.6 is 11.6 Å². The van der Waals surface area contributed by atoms with E-state index < -0.39 is 10.0 Å². The zero-order valence-corrected chi connectivity index (χ0v) is 15.2. The highest BCUT2D eigenvalue weighted by molar-refractivity contribution is 7.92. The summed E-state index contributed by atoms with van der Waals surface area (Å²) in [6, 6.07) is 11.0. The van der Waals surface area contributed by atoms with E-state index in [0.29, 0.717) is 5.56 Å². The van der Waals surface area contributed by atoms with Gasteiger partial charge in [-0.15, -0.1) is 0 Å². The summed E-state index contributed by atoms with van der Waals surface area (Å²) in [4.78, 5) is 12.2. The summed E-state index contributed by atoms with van der Waals surface area (Å²) in [6.45, 7) is 5.49. The smallest absolute Gasteiger partial charge is 0.261 e. The molecule has 24 heavy (non-hydrogen) atoms. The van der Waals surface area contributed by atoms with Gasteiger partial charge >= 0.3 is 0 Å². The quantitative estimate of drug-likeness (QED) is 0.849. The molecule has 0 aliphatic heterocycles. The fraction of sp³-hybridized carbons (Fsp3) is 0.235. The molecule has 0 unspecified atom stereocenters. The van der Waals surface area contributed by atoms with Crippen molar-refractivity contribution in [3.8, 4) is 0 Å². The number of carbonyl (C=O) groups is 1. The Hall–Kier alpha value is -2.05. The number of aryl methyl sites for hydroxylation is 1. The molecule has 2 aromatic carbocycles. The second kappa shape index (κ2) is 7.23. The number of benzene rings is 2. The number of amides is 1. The van der Waals surface area contributed by atoms with Gasteiger partial charge in [-0.1, -0.05) is 23.7 Å². The van der Waals surface area contributed by atoms with Crippen LogP contribution in [0, 0.1) is 6.92 Å². The number of hydrogen-bond donors (Lipinski definition) is 2. The van der Waals surface area contributed by atoms with Crippen LogP contribution < -0.4 is 10.0 Å². The molecule has 128 valence electrons. The van der Waals surface area contributed by atoms with Crippen molar-refractivity contribution in [3.63, 3.8) is 0 Å². The van der Waals surface area contributed by atoms with Gasteiger partial charge < -0.3 is 5.32 Å². The van der Waals surface area contributed by atoms with Crippen molar-refractivity contribution in [2.24, 2.45) is 0 Å². The fourth-order valence-corrected chi connectivity index (χ4v) is 3.47. The van der Waals surface area contributed by atoms with Crippen LogP contribution in [0.5, 0.6) is 0 Å². The first-order valence-corrected chi connectivity index (χ1v) is 9.25. The highest BCUT2D eigenvalue weighted by Crippen LogP contribution is 2.26. The average molecular weight is 367 g/mol. The lowest BCUT2D eigenvalue weighted by atomic mass is 10.2. The summed E-state index contributed by atoms with van der Waals surface area (Å²) in [6.07, 6.45) is 0. The molecule has 0 saturated heterocycles. The Kier molecular flexibility index (Phi) is 5.51. The lowest BCUT2D eigenvalue weighted by Crippen LogP contribution is -2.30. The molecule has 1 amide bonds. The summed E-state index contributed by atoms with van der Waals surface area (Å²) in [5.41, 5.74) is 1.32. The highest BCUT2D eigenvalue weighted by Gasteiger charge is 2.17. The molecule has 0 saturated carbocycles. The maximum Gasteiger partial charge on any atom is 0.261 e. The van der Waals surface area contributed by atoms with Gasteiger partial charge in [0.15, 0.2) is 0 Å². The third-order valence-electron chi connectivity index (χ3n) is 3.19. The first-order valence-electron chi connectivity index (χ1n) is 7.39. The number of sulfonamides is 1. The van der Waals surface area contributed by atoms with E-state index in [1.807, 2.05) is 26.8 Å². The first-order chi connectivity index (χ1) is 11.2. The van der Waals surface area contributed by atoms with Crippen LogP contribution in [0.1, 0.15) is 29.8 Å². The molecular weight excluding hydrogens is 348 g/mol. The molecule has 2 rings (SSSR count). The summed E-state index contributed by atoms with van der Waals surface area (Å²) in [7, 11) is -3.79. The van der Waals surface area contributed by atoms with Crippen LogP contribution in [0.25, 0.3) is 0 Å². The van der Waals surface area contributed by atoms with Crippen molar-refractivity contribution in [1.82, 2.24) is 5.32 Å². The van der Waals surface area contributed by atoms with Gasteiger partial charge in [0.05, 0.1) is 15.6 Å². The number of anilines is 1. The molecule has 0 spiro atoms. The lowest BCUT2D eigenvalue weighted by molar-refractivity contribution is 0.0943. The van der Waals surface area contributed by atoms with E-state index in [1.54, 1.807) is 18.2 Å². The van der Waals surface area contributed by atoms with Crippen LogP contribution in [0.4, 0.5) is 5.69 Å². The Morgan fingerprint density at radius 1 is 1.12 bits per heavy atom. The maximum absolute atomic E-state index is 12.5. The minimum absolute atomic E-state index is 0.0272. The van der Waals surface area contributed by atoms with Gasteiger partial charge in [0, 0.05) is 11.6 Å². The molecule has 5 nitrogen and oxygen atoms in total. The maximum atomic E-state index is 12.5. The fourth-order valence-electron chi connectivity index (χ4n) is 2.08. The zero-order chi connectivity index (χ0) is 17.9. The number of rotatable bonds is 5. The van der Waals surface area contributed by atoms with E-state index >= 15 is 0 Å². The molecular formula is C17H19ClN2O3S. The van der Waals surface area contributed by atoms with Crippen LogP contribution in [0.3, 0.4) is 0 Å². The minimum atomic E-state index is -3.79. The Labute approximate surface area is 147 Å². The topological polar surface area (TPSA) is 75.3 Å². The Morgan fingerprint density at radius 2 is 1.83 bits per heavy atom. The second-order valence-corrected chi connectivity index (χ2v) is 7.83. The van der Waals surface area contributed by atoms with Crippen LogP contribution in [0.15, 0.2) is 47.4 Å². The van der Waals surface area contributed by atoms with E-state index in [0.717, 1.165) is 5.56 Å². The van der Waals surface area contributed by atoms with Crippen LogP contribution in [-0.4, -0.2) is 20.4 Å². The number of halogens is 1. The number of carbonyl (C=O) groups excluding carboxylic acids is 1. The first kappa shape index (κ1) is 18.3. The highest BCUT2D eigenvalue weighted by atomic mass is 35.5. The van der Waals surface area contributed by atoms with Crippen LogP contribution in [0.2, 0.25) is 5.02 Å². The monoisotopic (exact) mass is 366 g/mol. The molecule has 0 atom stereocenters. The van der Waals surface area contributed by atoms with Crippen molar-refractivity contribution >= 4 is 33.2 Å². The normalized spacial score (nSPS) is 11.4. The molecule has 0 fully saturated rings. The SMILES string of the molecule is Cc1cccc(S(=O)(=O)Nc2cc(C(=O)NC(C)C)ccc2Cl)c1. The zero-order valence-electron chi connectivity index (χ0n) is 13.6. The molecule has 7 heteroatoms. The Morgan fingerprint density at radius 3 is 2.46 bits per heavy atom. The molecule has 0 aliphatic rings. The minimum Gasteiger partial charge on any atom is -0.350 e. The molecule has 0 bridgehead atoms. The van der Waals surface area contributed by atoms with E-state index in [4.69, 9.17) is 11.6 Å². The summed E-state index contributed by atoms with van der Waals surface area (Å²) >= 11 is 6.07. The van der Waals surface area contributed by atoms with Gasteiger partial charge in [0.1, 0.15) is 0 Å². The van der Waals surface area contributed by atoms with E-state index in [-0.39, 0.29) is 27.6 Å². The summed E-state index contributed by atoms with van der Waals surface area (Å²) in [5, 5.41) is 2.96. The lowest BCUT2D eigenvalue weighted by Gasteiger charge is -2.13. The number of hydrogen-bond acceptors (Lipinski definition) is 3. The summed E-state index contributed by atoms with van der Waals surface area (Å²) < 4.78 is 27.4. The van der Waals surface area contributed by atoms with Crippen molar-refractivity contribution < 1.29 is 13.2 Å². The van der Waals surface area contributed by atoms with E-state index in [1.165, 1.54) is 18.2 Å². The third-order valence-corrected chi connectivity index (χ3v) is 4.89. The van der Waals surface area contributed by atoms with Gasteiger partial charge in [-0.25, -0.2) is 8.42 Å².